The zero-order valence-electron chi connectivity index (χ0n) is 45.5. The molecule has 24 heteroatoms. The Hall–Kier alpha value is -5.57. The minimum Gasteiger partial charge on any atom is -0.445 e. The van der Waals surface area contributed by atoms with Gasteiger partial charge in [-0.25, -0.2) is 19.7 Å². The van der Waals surface area contributed by atoms with Crippen LogP contribution in [0.1, 0.15) is 143 Å². The van der Waals surface area contributed by atoms with Crippen LogP contribution in [0, 0.1) is 17.8 Å². The van der Waals surface area contributed by atoms with Crippen LogP contribution >= 0.6 is 22.6 Å². The Labute approximate surface area is 463 Å². The number of H-pyrrole nitrogens is 1. The molecule has 7 amide bonds. The first-order valence-corrected chi connectivity index (χ1v) is 28.0. The molecule has 0 bridgehead atoms. The van der Waals surface area contributed by atoms with Gasteiger partial charge >= 0.3 is 6.09 Å². The van der Waals surface area contributed by atoms with Crippen LogP contribution in [-0.2, 0) is 44.8 Å². The van der Waals surface area contributed by atoms with Gasteiger partial charge in [-0.05, 0) is 55.7 Å². The summed E-state index contributed by atoms with van der Waals surface area (Å²) in [5.41, 5.74) is 1.85. The number of amides is 7. The second kappa shape index (κ2) is 29.4. The number of likely N-dealkylation sites (tertiary alicyclic amines) is 1. The normalized spacial score (nSPS) is 21.6. The van der Waals surface area contributed by atoms with E-state index in [9.17, 15) is 48.9 Å². The molecule has 4 heterocycles. The van der Waals surface area contributed by atoms with E-state index in [1.807, 2.05) is 6.92 Å². The Balaban J connectivity index is 1.00. The number of hydrogen-bond donors (Lipinski definition) is 10. The number of anilines is 2. The van der Waals surface area contributed by atoms with Crippen molar-refractivity contribution in [2.24, 2.45) is 17.8 Å². The molecule has 10 N–H and O–H groups in total. The molecular weight excluding hydrogens is 1110 g/mol. The molecule has 77 heavy (non-hydrogen) atoms. The van der Waals surface area contributed by atoms with Gasteiger partial charge in [-0.15, -0.1) is 0 Å². The summed E-state index contributed by atoms with van der Waals surface area (Å²) < 4.78 is 10.9. The molecule has 10 atom stereocenters. The number of carbonyl (C=O) groups excluding carboxylic acids is 7. The van der Waals surface area contributed by atoms with Crippen LogP contribution in [-0.4, -0.2) is 147 Å². The maximum absolute atomic E-state index is 13.4. The number of aliphatic hydroxyl groups excluding tert-OH is 3. The van der Waals surface area contributed by atoms with Crippen LogP contribution in [0.5, 0.6) is 0 Å². The van der Waals surface area contributed by atoms with Crippen molar-refractivity contribution in [3.63, 3.8) is 0 Å². The smallest absolute Gasteiger partial charge is 0.407 e. The molecule has 23 nitrogen and oxygen atoms in total. The fourth-order valence-electron chi connectivity index (χ4n) is 9.33. The lowest BCUT2D eigenvalue weighted by molar-refractivity contribution is -0.185. The second-order valence-corrected chi connectivity index (χ2v) is 23.1. The van der Waals surface area contributed by atoms with E-state index in [0.29, 0.717) is 28.3 Å². The van der Waals surface area contributed by atoms with E-state index in [-0.39, 0.29) is 71.8 Å². The number of nitrogens with zero attached hydrogens (tertiary/aromatic N) is 4. The maximum Gasteiger partial charge on any atom is 0.407 e. The van der Waals surface area contributed by atoms with E-state index in [2.05, 4.69) is 102 Å². The van der Waals surface area contributed by atoms with Crippen LogP contribution in [0.15, 0.2) is 30.6 Å². The Kier molecular flexibility index (Phi) is 23.8. The van der Waals surface area contributed by atoms with Crippen molar-refractivity contribution in [3.8, 4) is 0 Å². The third kappa shape index (κ3) is 17.5. The number of benzene rings is 1. The number of rotatable bonds is 29. The summed E-state index contributed by atoms with van der Waals surface area (Å²) >= 11 is 2.33. The number of aromatic amines is 1. The Bertz CT molecular complexity index is 2480. The molecule has 2 saturated heterocycles. The van der Waals surface area contributed by atoms with Crippen molar-refractivity contribution in [2.75, 3.05) is 30.3 Å². The van der Waals surface area contributed by atoms with Crippen molar-refractivity contribution in [1.29, 1.82) is 0 Å². The van der Waals surface area contributed by atoms with Crippen molar-refractivity contribution >= 4 is 86.8 Å². The van der Waals surface area contributed by atoms with Crippen LogP contribution in [0.2, 0.25) is 0 Å². The molecule has 2 aromatic heterocycles. The molecule has 0 spiro atoms. The summed E-state index contributed by atoms with van der Waals surface area (Å²) in [5.74, 6) is -1.88. The van der Waals surface area contributed by atoms with Crippen LogP contribution in [0.25, 0.3) is 11.2 Å². The highest BCUT2D eigenvalue weighted by Gasteiger charge is 2.49. The average molecular weight is 1190 g/mol. The molecule has 0 radical (unpaired) electrons. The number of unbranched alkanes of at least 4 members (excludes halogenated alkanes) is 2. The van der Waals surface area contributed by atoms with Gasteiger partial charge in [0.2, 0.25) is 35.4 Å². The molecule has 3 aromatic rings. The molecule has 1 aromatic carbocycles. The number of hydrogen-bond acceptors (Lipinski definition) is 16. The number of carbonyl (C=O) groups is 7. The van der Waals surface area contributed by atoms with Crippen LogP contribution < -0.4 is 31.9 Å². The molecular formula is C53H80IN11O12. The van der Waals surface area contributed by atoms with E-state index < -0.39 is 84.9 Å². The predicted octanol–water partition coefficient (Wildman–Crippen LogP) is 4.45. The van der Waals surface area contributed by atoms with Crippen molar-refractivity contribution in [3.05, 3.63) is 42.0 Å². The van der Waals surface area contributed by atoms with Gasteiger partial charge in [0.15, 0.2) is 17.7 Å². The second-order valence-electron chi connectivity index (χ2n) is 21.0. The van der Waals surface area contributed by atoms with Gasteiger partial charge in [0.25, 0.3) is 0 Å². The van der Waals surface area contributed by atoms with E-state index in [4.69, 9.17) is 9.47 Å². The zero-order valence-corrected chi connectivity index (χ0v) is 47.7. The third-order valence-corrected chi connectivity index (χ3v) is 16.2. The number of fused-ring (bicyclic) bond motifs is 1. The molecule has 0 saturated carbocycles. The van der Waals surface area contributed by atoms with Gasteiger partial charge in [0.05, 0.1) is 18.6 Å². The van der Waals surface area contributed by atoms with Gasteiger partial charge in [-0.1, -0.05) is 115 Å². The Morgan fingerprint density at radius 2 is 1.65 bits per heavy atom. The van der Waals surface area contributed by atoms with E-state index in [1.54, 1.807) is 38.1 Å². The van der Waals surface area contributed by atoms with Crippen molar-refractivity contribution in [2.45, 2.75) is 185 Å². The molecule has 3 unspecified atom stereocenters. The number of aromatic nitrogens is 4. The molecule has 2 aliphatic heterocycles. The summed E-state index contributed by atoms with van der Waals surface area (Å²) in [6.07, 6.45) is 2.40. The minimum atomic E-state index is -1.57. The fourth-order valence-corrected chi connectivity index (χ4v) is 10.2. The zero-order chi connectivity index (χ0) is 56.6. The first-order valence-electron chi connectivity index (χ1n) is 26.9. The average Bonchev–Trinajstić information content (AvgIpc) is 3.99. The lowest BCUT2D eigenvalue weighted by Gasteiger charge is -2.42. The highest BCUT2D eigenvalue weighted by atomic mass is 127. The molecule has 426 valence electrons. The number of ether oxygens (including phenoxy) is 2. The number of imidazole rings is 1. The van der Waals surface area contributed by atoms with Gasteiger partial charge < -0.3 is 61.7 Å². The summed E-state index contributed by atoms with van der Waals surface area (Å²) in [6, 6.07) is 3.18. The first-order chi connectivity index (χ1) is 36.6. The van der Waals surface area contributed by atoms with Gasteiger partial charge in [-0.2, -0.15) is 0 Å². The molecule has 5 rings (SSSR count). The quantitative estimate of drug-likeness (QED) is 0.0199. The number of halogens is 1. The standard InChI is InChI=1S/C53H80IN11O12/c1-9-11-12-22-53(54,10-2)35-25-39(69)65(51(35)74)24-21-38(68)60-40(30(5)6)49(73)58-32(8)48(72)59-34-18-16-33(17-19-34)27-76-52(75)55-23-20-37(67)61-41-36(26-66)77-50(44(71)43(41)70)64-47-42-46(56-28-57-47)63-45(62-42)31(7)15-13-14-29(3)4/h16-19,28-32,35-36,40-41,43-44,50,66,70-71H,9-15,20-27H2,1-8H3,(H,55,75)(H,58,73)(H,59,72)(H,60,68)(H,61,67)(H2,56,57,62,63,64)/t31?,32-,35?,36-,40-,41-,43+,44-,50-,53?/m0/s1. The van der Waals surface area contributed by atoms with E-state index in [0.717, 1.165) is 57.2 Å². The summed E-state index contributed by atoms with van der Waals surface area (Å²) in [6.45, 7) is 14.6. The SMILES string of the molecule is CCCCCC(I)(CC)C1CC(=O)N(CCC(=O)N[C@H](C(=O)N[C@@H](C)C(=O)Nc2ccc(COC(=O)NCCC(=O)N[C@@H]3[C@@H](O)[C@H](O)[C@@H](Nc4ncnc5nc(C(C)CCCC(C)C)[nH]c45)O[C@H]3CO)cc2)C(C)C)C1=O. The molecule has 0 aliphatic carbocycles. The van der Waals surface area contributed by atoms with Gasteiger partial charge in [-0.3, -0.25) is 33.7 Å². The first kappa shape index (κ1) is 62.3. The fraction of sp³-hybridized carbons (Fsp3) is 0.660. The number of alkyl carbamates (subject to hydrolysis) is 1. The van der Waals surface area contributed by atoms with Crippen molar-refractivity contribution < 1.29 is 58.4 Å². The summed E-state index contributed by atoms with van der Waals surface area (Å²) in [5, 5.41) is 48.5. The highest BCUT2D eigenvalue weighted by molar-refractivity contribution is 14.1. The third-order valence-electron chi connectivity index (χ3n) is 14.2. The molecule has 2 aliphatic rings. The number of aliphatic hydroxyl groups is 3. The minimum absolute atomic E-state index is 0.0926. The molecule has 2 fully saturated rings. The summed E-state index contributed by atoms with van der Waals surface area (Å²) in [7, 11) is 0. The highest BCUT2D eigenvalue weighted by Crippen LogP contribution is 2.43. The number of imide groups is 1. The topological polar surface area (TPSA) is 329 Å². The Morgan fingerprint density at radius 3 is 2.31 bits per heavy atom. The van der Waals surface area contributed by atoms with Crippen LogP contribution in [0.4, 0.5) is 16.3 Å². The van der Waals surface area contributed by atoms with E-state index >= 15 is 0 Å². The predicted molar refractivity (Wildman–Crippen MR) is 295 cm³/mol. The van der Waals surface area contributed by atoms with Crippen molar-refractivity contribution in [1.82, 2.24) is 46.1 Å². The Morgan fingerprint density at radius 1 is 0.922 bits per heavy atom. The van der Waals surface area contributed by atoms with Gasteiger partial charge in [0.1, 0.15) is 54.7 Å². The number of alkyl halides is 1. The number of nitrogens with one attached hydrogen (secondary N) is 7. The van der Waals surface area contributed by atoms with Gasteiger partial charge in [0, 0.05) is 47.4 Å². The summed E-state index contributed by atoms with van der Waals surface area (Å²) in [4.78, 5) is 109. The van der Waals surface area contributed by atoms with E-state index in [1.165, 1.54) is 18.2 Å². The van der Waals surface area contributed by atoms with Crippen LogP contribution in [0.3, 0.4) is 0 Å². The largest absolute Gasteiger partial charge is 0.445 e. The lowest BCUT2D eigenvalue weighted by Crippen LogP contribution is -2.65. The monoisotopic (exact) mass is 1190 g/mol. The maximum atomic E-state index is 13.4. The lowest BCUT2D eigenvalue weighted by atomic mass is 9.84.